The molecule has 10 heteroatoms. The first-order chi connectivity index (χ1) is 15.1. The summed E-state index contributed by atoms with van der Waals surface area (Å²) in [5, 5.41) is 2.61. The SMILES string of the molecule is COc1ccc(F)c(COc2cc(C)cn3c(C(=O)NCC(C)(N)CF)c(C)nc23)c1F. The minimum atomic E-state index is -1.20. The molecule has 3 aromatic rings. The van der Waals surface area contributed by atoms with Crippen LogP contribution in [-0.4, -0.2) is 41.2 Å². The molecule has 0 aliphatic rings. The molecular formula is C22H25F3N4O3. The lowest BCUT2D eigenvalue weighted by molar-refractivity contribution is 0.0935. The first-order valence-electron chi connectivity index (χ1n) is 9.84. The molecule has 0 aliphatic heterocycles. The third-order valence-electron chi connectivity index (χ3n) is 4.91. The Morgan fingerprint density at radius 2 is 2.00 bits per heavy atom. The molecule has 1 aromatic carbocycles. The molecule has 32 heavy (non-hydrogen) atoms. The number of pyridine rings is 1. The van der Waals surface area contributed by atoms with Gasteiger partial charge in [0.05, 0.1) is 23.9 Å². The van der Waals surface area contributed by atoms with Gasteiger partial charge in [0.2, 0.25) is 0 Å². The van der Waals surface area contributed by atoms with Crippen LogP contribution in [-0.2, 0) is 6.61 Å². The summed E-state index contributed by atoms with van der Waals surface area (Å²) >= 11 is 0. The van der Waals surface area contributed by atoms with Gasteiger partial charge in [-0.15, -0.1) is 0 Å². The highest BCUT2D eigenvalue weighted by molar-refractivity contribution is 5.95. The summed E-state index contributed by atoms with van der Waals surface area (Å²) in [7, 11) is 1.28. The molecule has 0 spiro atoms. The van der Waals surface area contributed by atoms with Gasteiger partial charge in [-0.3, -0.25) is 9.20 Å². The summed E-state index contributed by atoms with van der Waals surface area (Å²) in [6, 6.07) is 3.94. The lowest BCUT2D eigenvalue weighted by Crippen LogP contribution is -2.49. The van der Waals surface area contributed by atoms with Gasteiger partial charge in [-0.1, -0.05) is 0 Å². The average molecular weight is 450 g/mol. The summed E-state index contributed by atoms with van der Waals surface area (Å²) in [5.74, 6) is -1.98. The highest BCUT2D eigenvalue weighted by Crippen LogP contribution is 2.28. The second-order valence-electron chi connectivity index (χ2n) is 7.92. The van der Waals surface area contributed by atoms with Crippen molar-refractivity contribution in [3.63, 3.8) is 0 Å². The number of hydrogen-bond acceptors (Lipinski definition) is 5. The van der Waals surface area contributed by atoms with Crippen molar-refractivity contribution < 1.29 is 27.4 Å². The molecule has 172 valence electrons. The number of nitrogens with one attached hydrogen (secondary N) is 1. The molecule has 0 aliphatic carbocycles. The lowest BCUT2D eigenvalue weighted by Gasteiger charge is -2.20. The van der Waals surface area contributed by atoms with Crippen LogP contribution in [0.25, 0.3) is 5.65 Å². The predicted molar refractivity (Wildman–Crippen MR) is 113 cm³/mol. The Hall–Kier alpha value is -3.27. The van der Waals surface area contributed by atoms with Crippen molar-refractivity contribution in [1.82, 2.24) is 14.7 Å². The first kappa shape index (κ1) is 23.4. The minimum Gasteiger partial charge on any atom is -0.494 e. The van der Waals surface area contributed by atoms with Gasteiger partial charge in [-0.25, -0.2) is 18.2 Å². The molecule has 3 N–H and O–H groups in total. The van der Waals surface area contributed by atoms with E-state index < -0.39 is 36.4 Å². The van der Waals surface area contributed by atoms with Gasteiger partial charge in [0.1, 0.15) is 24.8 Å². The monoisotopic (exact) mass is 450 g/mol. The molecule has 0 saturated carbocycles. The Morgan fingerprint density at radius 1 is 1.28 bits per heavy atom. The number of benzene rings is 1. The number of aryl methyl sites for hydroxylation is 2. The molecular weight excluding hydrogens is 425 g/mol. The van der Waals surface area contributed by atoms with Crippen LogP contribution in [0, 0.1) is 25.5 Å². The van der Waals surface area contributed by atoms with Crippen LogP contribution in [0.1, 0.15) is 34.2 Å². The fourth-order valence-corrected chi connectivity index (χ4v) is 3.17. The topological polar surface area (TPSA) is 90.9 Å². The van der Waals surface area contributed by atoms with Gasteiger partial charge < -0.3 is 20.5 Å². The number of nitrogens with two attached hydrogens (primary N) is 1. The van der Waals surface area contributed by atoms with Gasteiger partial charge in [0, 0.05) is 12.7 Å². The third-order valence-corrected chi connectivity index (χ3v) is 4.91. The van der Waals surface area contributed by atoms with Crippen LogP contribution in [0.4, 0.5) is 13.2 Å². The van der Waals surface area contributed by atoms with E-state index in [-0.39, 0.29) is 29.3 Å². The van der Waals surface area contributed by atoms with Crippen LogP contribution >= 0.6 is 0 Å². The Balaban J connectivity index is 1.94. The first-order valence-corrected chi connectivity index (χ1v) is 9.84. The number of carbonyl (C=O) groups excluding carboxylic acids is 1. The number of imidazole rings is 1. The molecule has 0 saturated heterocycles. The highest BCUT2D eigenvalue weighted by Gasteiger charge is 2.24. The standard InChI is InChI=1S/C22H25F3N4O3/c1-12-7-17(32-9-14-15(24)5-6-16(31-4)18(14)25)20-28-13(2)19(29(20)8-12)21(30)27-11-22(3,26)10-23/h5-8H,9-11,26H2,1-4H3,(H,27,30). The molecule has 2 heterocycles. The normalized spacial score (nSPS) is 13.1. The number of rotatable bonds is 8. The molecule has 1 atom stereocenters. The van der Waals surface area contributed by atoms with Crippen molar-refractivity contribution in [3.05, 3.63) is 58.5 Å². The van der Waals surface area contributed by atoms with E-state index >= 15 is 0 Å². The zero-order chi connectivity index (χ0) is 23.6. The summed E-state index contributed by atoms with van der Waals surface area (Å²) in [4.78, 5) is 17.2. The number of aromatic nitrogens is 2. The second-order valence-corrected chi connectivity index (χ2v) is 7.92. The van der Waals surface area contributed by atoms with E-state index in [4.69, 9.17) is 15.2 Å². The molecule has 3 rings (SSSR count). The number of hydrogen-bond donors (Lipinski definition) is 2. The Labute approximate surface area is 183 Å². The van der Waals surface area contributed by atoms with Crippen LogP contribution in [0.5, 0.6) is 11.5 Å². The highest BCUT2D eigenvalue weighted by atomic mass is 19.1. The number of amides is 1. The van der Waals surface area contributed by atoms with Crippen molar-refractivity contribution in [1.29, 1.82) is 0 Å². The van der Waals surface area contributed by atoms with Gasteiger partial charge in [-0.05, 0) is 44.5 Å². The van der Waals surface area contributed by atoms with Crippen LogP contribution in [0.2, 0.25) is 0 Å². The van der Waals surface area contributed by atoms with Crippen molar-refractivity contribution >= 4 is 11.6 Å². The average Bonchev–Trinajstić information content (AvgIpc) is 3.07. The molecule has 0 bridgehead atoms. The number of carbonyl (C=O) groups is 1. The molecule has 0 fully saturated rings. The van der Waals surface area contributed by atoms with Gasteiger partial charge >= 0.3 is 0 Å². The number of fused-ring (bicyclic) bond motifs is 1. The van der Waals surface area contributed by atoms with Gasteiger partial charge in [0.15, 0.2) is 23.0 Å². The van der Waals surface area contributed by atoms with Gasteiger partial charge in [0.25, 0.3) is 5.91 Å². The smallest absolute Gasteiger partial charge is 0.270 e. The summed E-state index contributed by atoms with van der Waals surface area (Å²) in [6.45, 7) is 3.62. The van der Waals surface area contributed by atoms with Crippen LogP contribution in [0.15, 0.2) is 24.4 Å². The van der Waals surface area contributed by atoms with E-state index in [1.54, 1.807) is 26.1 Å². The van der Waals surface area contributed by atoms with Gasteiger partial charge in [-0.2, -0.15) is 0 Å². The summed E-state index contributed by atoms with van der Waals surface area (Å²) in [5.41, 5.74) is 5.90. The number of methoxy groups -OCH3 is 1. The van der Waals surface area contributed by atoms with E-state index in [9.17, 15) is 18.0 Å². The number of alkyl halides is 1. The molecule has 2 aromatic heterocycles. The number of nitrogens with zero attached hydrogens (tertiary/aromatic N) is 2. The van der Waals surface area contributed by atoms with E-state index in [0.29, 0.717) is 11.3 Å². The van der Waals surface area contributed by atoms with Crippen LogP contribution in [0.3, 0.4) is 0 Å². The number of ether oxygens (including phenoxy) is 2. The fraction of sp³-hybridized carbons (Fsp3) is 0.364. The van der Waals surface area contributed by atoms with Crippen molar-refractivity contribution in [3.8, 4) is 11.5 Å². The Morgan fingerprint density at radius 3 is 2.66 bits per heavy atom. The Bertz CT molecular complexity index is 1160. The fourth-order valence-electron chi connectivity index (χ4n) is 3.17. The maximum atomic E-state index is 14.5. The van der Waals surface area contributed by atoms with E-state index in [0.717, 1.165) is 11.6 Å². The maximum absolute atomic E-state index is 14.5. The lowest BCUT2D eigenvalue weighted by atomic mass is 10.1. The third kappa shape index (κ3) is 4.64. The molecule has 0 radical (unpaired) electrons. The Kier molecular flexibility index (Phi) is 6.63. The van der Waals surface area contributed by atoms with Crippen molar-refractivity contribution in [2.75, 3.05) is 20.3 Å². The van der Waals surface area contributed by atoms with E-state index in [1.807, 2.05) is 0 Å². The largest absolute Gasteiger partial charge is 0.494 e. The van der Waals surface area contributed by atoms with Crippen molar-refractivity contribution in [2.45, 2.75) is 32.9 Å². The molecule has 7 nitrogen and oxygen atoms in total. The number of halogens is 3. The molecule has 1 amide bonds. The summed E-state index contributed by atoms with van der Waals surface area (Å²) < 4.78 is 53.7. The van der Waals surface area contributed by atoms with E-state index in [2.05, 4.69) is 10.3 Å². The zero-order valence-corrected chi connectivity index (χ0v) is 18.3. The van der Waals surface area contributed by atoms with Crippen LogP contribution < -0.4 is 20.5 Å². The second kappa shape index (κ2) is 9.07. The van der Waals surface area contributed by atoms with E-state index in [1.165, 1.54) is 24.5 Å². The zero-order valence-electron chi connectivity index (χ0n) is 18.3. The summed E-state index contributed by atoms with van der Waals surface area (Å²) in [6.07, 6.45) is 1.68. The van der Waals surface area contributed by atoms with Crippen molar-refractivity contribution in [2.24, 2.45) is 5.73 Å². The predicted octanol–water partition coefficient (Wildman–Crippen LogP) is 3.23. The molecule has 1 unspecified atom stereocenters. The quantitative estimate of drug-likeness (QED) is 0.550. The maximum Gasteiger partial charge on any atom is 0.270 e. The minimum absolute atomic E-state index is 0.0709.